The number of thiophene rings is 2. The lowest BCUT2D eigenvalue weighted by Gasteiger charge is -2.06. The number of amides is 2. The Morgan fingerprint density at radius 1 is 0.828 bits per heavy atom. The molecule has 3 rings (SSSR count). The molecule has 0 radical (unpaired) electrons. The molecule has 0 saturated heterocycles. The zero-order valence-electron chi connectivity index (χ0n) is 14.5. The first-order chi connectivity index (χ1) is 13.8. The fourth-order valence-electron chi connectivity index (χ4n) is 2.27. The number of benzene rings is 1. The number of carbonyl (C=O) groups excluding carboxylic acids is 2. The molecule has 10 nitrogen and oxygen atoms in total. The van der Waals surface area contributed by atoms with Gasteiger partial charge in [0, 0.05) is 24.2 Å². The first kappa shape index (κ1) is 20.1. The number of hydrogen-bond donors (Lipinski definition) is 2. The normalized spacial score (nSPS) is 10.3. The van der Waals surface area contributed by atoms with Crippen LogP contribution in [-0.4, -0.2) is 21.7 Å². The molecule has 0 saturated carbocycles. The summed E-state index contributed by atoms with van der Waals surface area (Å²) in [6, 6.07) is 11.9. The highest BCUT2D eigenvalue weighted by atomic mass is 32.1. The Kier molecular flexibility index (Phi) is 5.95. The van der Waals surface area contributed by atoms with Gasteiger partial charge < -0.3 is 10.6 Å². The predicted octanol–water partition coefficient (Wildman–Crippen LogP) is 3.81. The standard InChI is InChI=1S/C17H12N4O6S2/c22-16(19-13-6-8-15(29-13)21(26)27)11-3-1-10(2-4-11)9-18-17(23)12-5-7-14(28-12)20(24)25/h1-8H,9H2,(H,18,23)(H,19,22). The van der Waals surface area contributed by atoms with Gasteiger partial charge in [0.25, 0.3) is 11.8 Å². The van der Waals surface area contributed by atoms with Gasteiger partial charge in [-0.25, -0.2) is 0 Å². The first-order valence-electron chi connectivity index (χ1n) is 8.00. The lowest BCUT2D eigenvalue weighted by atomic mass is 10.1. The van der Waals surface area contributed by atoms with Crippen molar-refractivity contribution in [2.75, 3.05) is 5.32 Å². The number of nitrogens with zero attached hydrogens (tertiary/aromatic N) is 2. The molecule has 0 bridgehead atoms. The van der Waals surface area contributed by atoms with Crippen LogP contribution >= 0.6 is 22.7 Å². The molecule has 0 aliphatic rings. The average molecular weight is 432 g/mol. The second-order valence-electron chi connectivity index (χ2n) is 5.62. The smallest absolute Gasteiger partial charge is 0.326 e. The van der Waals surface area contributed by atoms with E-state index in [0.717, 1.165) is 28.2 Å². The molecular weight excluding hydrogens is 420 g/mol. The Bertz CT molecular complexity index is 1090. The highest BCUT2D eigenvalue weighted by Crippen LogP contribution is 2.28. The van der Waals surface area contributed by atoms with E-state index in [0.29, 0.717) is 10.6 Å². The molecule has 0 unspecified atom stereocenters. The fraction of sp³-hybridized carbons (Fsp3) is 0.0588. The fourth-order valence-corrected chi connectivity index (χ4v) is 3.72. The third kappa shape index (κ3) is 5.00. The van der Waals surface area contributed by atoms with Crippen LogP contribution in [0.15, 0.2) is 48.5 Å². The van der Waals surface area contributed by atoms with Crippen molar-refractivity contribution >= 4 is 49.5 Å². The second-order valence-corrected chi connectivity index (χ2v) is 7.75. The van der Waals surface area contributed by atoms with E-state index in [-0.39, 0.29) is 21.4 Å². The summed E-state index contributed by atoms with van der Waals surface area (Å²) >= 11 is 1.65. The largest absolute Gasteiger partial charge is 0.347 e. The van der Waals surface area contributed by atoms with Crippen LogP contribution in [0.3, 0.4) is 0 Å². The summed E-state index contributed by atoms with van der Waals surface area (Å²) in [4.78, 5) is 44.8. The maximum absolute atomic E-state index is 12.2. The summed E-state index contributed by atoms with van der Waals surface area (Å²) in [6.07, 6.45) is 0. The van der Waals surface area contributed by atoms with Crippen LogP contribution in [0.2, 0.25) is 0 Å². The summed E-state index contributed by atoms with van der Waals surface area (Å²) in [5.41, 5.74) is 1.08. The van der Waals surface area contributed by atoms with Crippen LogP contribution in [-0.2, 0) is 6.54 Å². The molecule has 2 amide bonds. The van der Waals surface area contributed by atoms with E-state index in [1.165, 1.54) is 24.3 Å². The minimum Gasteiger partial charge on any atom is -0.347 e. The molecule has 0 aliphatic carbocycles. The Balaban J connectivity index is 1.56. The van der Waals surface area contributed by atoms with Gasteiger partial charge in [-0.3, -0.25) is 29.8 Å². The van der Waals surface area contributed by atoms with Crippen molar-refractivity contribution in [1.82, 2.24) is 5.32 Å². The van der Waals surface area contributed by atoms with E-state index in [9.17, 15) is 29.8 Å². The highest BCUT2D eigenvalue weighted by Gasteiger charge is 2.15. The van der Waals surface area contributed by atoms with E-state index in [4.69, 9.17) is 0 Å². The van der Waals surface area contributed by atoms with E-state index in [1.54, 1.807) is 24.3 Å². The molecule has 2 heterocycles. The van der Waals surface area contributed by atoms with E-state index >= 15 is 0 Å². The first-order valence-corrected chi connectivity index (χ1v) is 9.64. The van der Waals surface area contributed by atoms with Crippen molar-refractivity contribution in [3.05, 3.63) is 84.8 Å². The SMILES string of the molecule is O=C(Nc1ccc([N+](=O)[O-])s1)c1ccc(CNC(=O)c2ccc([N+](=O)[O-])s2)cc1. The number of nitrogens with one attached hydrogen (secondary N) is 2. The van der Waals surface area contributed by atoms with Crippen molar-refractivity contribution in [2.24, 2.45) is 0 Å². The summed E-state index contributed by atoms with van der Waals surface area (Å²) < 4.78 is 0. The number of hydrogen-bond acceptors (Lipinski definition) is 8. The van der Waals surface area contributed by atoms with Crippen LogP contribution in [0.5, 0.6) is 0 Å². The minimum atomic E-state index is -0.556. The van der Waals surface area contributed by atoms with Crippen molar-refractivity contribution in [3.63, 3.8) is 0 Å². The molecule has 2 aromatic heterocycles. The maximum atomic E-state index is 12.2. The Labute approximate surface area is 171 Å². The molecule has 1 aromatic carbocycles. The van der Waals surface area contributed by atoms with Gasteiger partial charge in [-0.05, 0) is 41.2 Å². The molecule has 0 atom stereocenters. The average Bonchev–Trinajstić information content (AvgIpc) is 3.36. The van der Waals surface area contributed by atoms with Crippen molar-refractivity contribution < 1.29 is 19.4 Å². The van der Waals surface area contributed by atoms with Gasteiger partial charge in [-0.2, -0.15) is 0 Å². The van der Waals surface area contributed by atoms with Crippen molar-refractivity contribution in [2.45, 2.75) is 6.54 Å². The summed E-state index contributed by atoms with van der Waals surface area (Å²) in [5.74, 6) is -0.840. The molecule has 12 heteroatoms. The summed E-state index contributed by atoms with van der Waals surface area (Å²) in [7, 11) is 0. The van der Waals surface area contributed by atoms with Crippen LogP contribution < -0.4 is 10.6 Å². The third-order valence-corrected chi connectivity index (χ3v) is 5.66. The van der Waals surface area contributed by atoms with E-state index in [2.05, 4.69) is 10.6 Å². The second kappa shape index (κ2) is 8.58. The number of nitro groups is 2. The van der Waals surface area contributed by atoms with Crippen molar-refractivity contribution in [1.29, 1.82) is 0 Å². The quantitative estimate of drug-likeness (QED) is 0.429. The van der Waals surface area contributed by atoms with Gasteiger partial charge in [0.15, 0.2) is 0 Å². The molecule has 29 heavy (non-hydrogen) atoms. The predicted molar refractivity (Wildman–Crippen MR) is 108 cm³/mol. The topological polar surface area (TPSA) is 144 Å². The lowest BCUT2D eigenvalue weighted by Crippen LogP contribution is -2.21. The molecule has 0 fully saturated rings. The molecule has 148 valence electrons. The van der Waals surface area contributed by atoms with Crippen LogP contribution in [0, 0.1) is 20.2 Å². The Hall–Kier alpha value is -3.64. The Morgan fingerprint density at radius 3 is 2.03 bits per heavy atom. The molecule has 0 spiro atoms. The zero-order valence-corrected chi connectivity index (χ0v) is 16.1. The summed E-state index contributed by atoms with van der Waals surface area (Å²) in [5, 5.41) is 26.8. The lowest BCUT2D eigenvalue weighted by molar-refractivity contribution is -0.380. The maximum Gasteiger partial charge on any atom is 0.326 e. The van der Waals surface area contributed by atoms with Gasteiger partial charge in [0.05, 0.1) is 14.7 Å². The molecule has 3 aromatic rings. The summed E-state index contributed by atoms with van der Waals surface area (Å²) in [6.45, 7) is 0.184. The monoisotopic (exact) mass is 432 g/mol. The third-order valence-electron chi connectivity index (χ3n) is 3.67. The zero-order chi connectivity index (χ0) is 21.0. The minimum absolute atomic E-state index is 0.0672. The molecule has 2 N–H and O–H groups in total. The number of rotatable bonds is 7. The highest BCUT2D eigenvalue weighted by molar-refractivity contribution is 7.19. The van der Waals surface area contributed by atoms with E-state index in [1.807, 2.05) is 0 Å². The van der Waals surface area contributed by atoms with Crippen LogP contribution in [0.25, 0.3) is 0 Å². The van der Waals surface area contributed by atoms with Crippen LogP contribution in [0.1, 0.15) is 25.6 Å². The van der Waals surface area contributed by atoms with Crippen LogP contribution in [0.4, 0.5) is 15.0 Å². The van der Waals surface area contributed by atoms with Gasteiger partial charge in [-0.1, -0.05) is 23.5 Å². The number of carbonyl (C=O) groups is 2. The number of anilines is 1. The molecular formula is C17H12N4O6S2. The van der Waals surface area contributed by atoms with Gasteiger partial charge in [0.2, 0.25) is 0 Å². The Morgan fingerprint density at radius 2 is 1.45 bits per heavy atom. The van der Waals surface area contributed by atoms with Gasteiger partial charge in [-0.15, -0.1) is 0 Å². The van der Waals surface area contributed by atoms with Gasteiger partial charge in [0.1, 0.15) is 5.00 Å². The van der Waals surface area contributed by atoms with E-state index < -0.39 is 21.7 Å². The van der Waals surface area contributed by atoms with Gasteiger partial charge >= 0.3 is 10.0 Å². The molecule has 0 aliphatic heterocycles. The van der Waals surface area contributed by atoms with Crippen molar-refractivity contribution in [3.8, 4) is 0 Å².